The molecule has 1 aromatic heterocycles. The largest absolute Gasteiger partial charge is 0.489 e. The molecule has 0 bridgehead atoms. The Kier molecular flexibility index (Phi) is 19.5. The Bertz CT molecular complexity index is 1030. The number of anilines is 2. The standard InChI is InChI=1S/C11H11NO3.C7H14O2.C6H7ClN2OS.C3H8.C2H6/c1-7-2-3-9-10(4-7)14-5-8-6-15-11(13)12(8)9;1-3-4-5-9-6-7(2)8;1-9-6(10)4-2-3(8)5(7)11-4;1-3-2;1-2/h2-4,8H,5-6H2,1H3;3-6H2,1-2H3;2H,8H2,1H3,(H,9,10);3H2,1-2H3;1-2H3. The maximum Gasteiger partial charge on any atom is 0.414 e. The molecule has 1 aromatic carbocycles. The van der Waals surface area contributed by atoms with Crippen LogP contribution in [0.4, 0.5) is 16.2 Å². The Morgan fingerprint density at radius 2 is 1.80 bits per heavy atom. The average molecular weight is 600 g/mol. The smallest absolute Gasteiger partial charge is 0.414 e. The molecule has 1 fully saturated rings. The van der Waals surface area contributed by atoms with Gasteiger partial charge in [-0.1, -0.05) is 65.1 Å². The van der Waals surface area contributed by atoms with E-state index < -0.39 is 0 Å². The first-order valence-corrected chi connectivity index (χ1v) is 14.8. The van der Waals surface area contributed by atoms with Gasteiger partial charge in [0.15, 0.2) is 5.78 Å². The molecule has 4 rings (SSSR count). The molecule has 40 heavy (non-hydrogen) atoms. The summed E-state index contributed by atoms with van der Waals surface area (Å²) in [5, 5.41) is 2.48. The van der Waals surface area contributed by atoms with E-state index in [1.54, 1.807) is 18.0 Å². The molecule has 9 nitrogen and oxygen atoms in total. The van der Waals surface area contributed by atoms with E-state index in [1.165, 1.54) is 24.7 Å². The first-order valence-electron chi connectivity index (χ1n) is 13.6. The fourth-order valence-electron chi connectivity index (χ4n) is 3.08. The number of cyclic esters (lactones) is 1. The predicted octanol–water partition coefficient (Wildman–Crippen LogP) is 6.89. The van der Waals surface area contributed by atoms with Gasteiger partial charge in [0.25, 0.3) is 5.91 Å². The molecular weight excluding hydrogens is 554 g/mol. The van der Waals surface area contributed by atoms with Crippen molar-refractivity contribution in [2.75, 3.05) is 44.1 Å². The molecule has 2 aromatic rings. The fraction of sp³-hybridized carbons (Fsp3) is 0.552. The second-order valence-electron chi connectivity index (χ2n) is 8.62. The van der Waals surface area contributed by atoms with E-state index in [0.29, 0.717) is 28.1 Å². The molecule has 0 spiro atoms. The third-order valence-electron chi connectivity index (χ3n) is 4.88. The summed E-state index contributed by atoms with van der Waals surface area (Å²) >= 11 is 6.82. The van der Waals surface area contributed by atoms with Crippen molar-refractivity contribution in [3.8, 4) is 5.75 Å². The SMILES string of the molecule is CC.CCC.CCCCOCC(C)=O.CNC(=O)c1cc(N)c(Cl)s1.Cc1ccc2c(c1)OCC1COC(=O)N21. The van der Waals surface area contributed by atoms with Crippen LogP contribution in [0.15, 0.2) is 24.3 Å². The van der Waals surface area contributed by atoms with Crippen molar-refractivity contribution in [1.82, 2.24) is 5.32 Å². The number of ketones is 1. The van der Waals surface area contributed by atoms with Crippen molar-refractivity contribution in [1.29, 1.82) is 0 Å². The molecule has 2 amide bonds. The third kappa shape index (κ3) is 13.0. The highest BCUT2D eigenvalue weighted by atomic mass is 35.5. The van der Waals surface area contributed by atoms with Gasteiger partial charge in [0, 0.05) is 13.7 Å². The normalized spacial score (nSPS) is 14.0. The van der Waals surface area contributed by atoms with Crippen molar-refractivity contribution >= 4 is 52.1 Å². The summed E-state index contributed by atoms with van der Waals surface area (Å²) in [6.07, 6.45) is 3.15. The first-order chi connectivity index (χ1) is 19.1. The number of hydrogen-bond donors (Lipinski definition) is 2. The molecule has 0 saturated carbocycles. The van der Waals surface area contributed by atoms with Crippen molar-refractivity contribution in [2.24, 2.45) is 0 Å². The van der Waals surface area contributed by atoms with Gasteiger partial charge >= 0.3 is 6.09 Å². The fourth-order valence-corrected chi connectivity index (χ4v) is 4.13. The van der Waals surface area contributed by atoms with E-state index >= 15 is 0 Å². The number of nitrogens with two attached hydrogens (primary N) is 1. The van der Waals surface area contributed by atoms with Crippen LogP contribution in [0, 0.1) is 6.92 Å². The van der Waals surface area contributed by atoms with Gasteiger partial charge in [-0.05, 0) is 44.0 Å². The summed E-state index contributed by atoms with van der Waals surface area (Å²) < 4.78 is 16.0. The van der Waals surface area contributed by atoms with Gasteiger partial charge in [0.2, 0.25) is 0 Å². The number of nitrogens with zero attached hydrogens (tertiary/aromatic N) is 1. The van der Waals surface area contributed by atoms with E-state index in [2.05, 4.69) is 26.1 Å². The summed E-state index contributed by atoms with van der Waals surface area (Å²) in [5.74, 6) is 0.713. The van der Waals surface area contributed by atoms with E-state index in [9.17, 15) is 14.4 Å². The highest BCUT2D eigenvalue weighted by molar-refractivity contribution is 7.18. The lowest BCUT2D eigenvalue weighted by Gasteiger charge is -2.29. The maximum absolute atomic E-state index is 11.5. The highest BCUT2D eigenvalue weighted by Gasteiger charge is 2.39. The molecule has 2 aliphatic rings. The molecule has 11 heteroatoms. The van der Waals surface area contributed by atoms with Crippen LogP contribution in [-0.4, -0.2) is 57.3 Å². The Labute approximate surface area is 248 Å². The number of carbonyl (C=O) groups excluding carboxylic acids is 3. The monoisotopic (exact) mass is 599 g/mol. The van der Waals surface area contributed by atoms with Crippen LogP contribution in [0.25, 0.3) is 0 Å². The van der Waals surface area contributed by atoms with Crippen LogP contribution >= 0.6 is 22.9 Å². The van der Waals surface area contributed by atoms with Gasteiger partial charge in [-0.3, -0.25) is 14.5 Å². The van der Waals surface area contributed by atoms with Gasteiger partial charge in [-0.2, -0.15) is 0 Å². The van der Waals surface area contributed by atoms with Gasteiger partial charge in [-0.25, -0.2) is 4.79 Å². The molecule has 3 N–H and O–H groups in total. The number of amides is 2. The number of rotatable bonds is 6. The number of benzene rings is 1. The van der Waals surface area contributed by atoms with Crippen molar-refractivity contribution in [2.45, 2.75) is 73.8 Å². The predicted molar refractivity (Wildman–Crippen MR) is 165 cm³/mol. The van der Waals surface area contributed by atoms with Crippen LogP contribution in [0.3, 0.4) is 0 Å². The molecule has 0 aliphatic carbocycles. The Hall–Kier alpha value is -2.82. The topological polar surface area (TPSA) is 120 Å². The number of Topliss-reactive ketones (excluding diaryl/α,β-unsaturated/α-hetero) is 1. The summed E-state index contributed by atoms with van der Waals surface area (Å²) in [6.45, 7) is 15.8. The number of nitrogen functional groups attached to an aromatic ring is 1. The lowest BCUT2D eigenvalue weighted by Crippen LogP contribution is -2.41. The molecule has 3 heterocycles. The Balaban J connectivity index is 0.000000545. The zero-order valence-corrected chi connectivity index (χ0v) is 26.7. The quantitative estimate of drug-likeness (QED) is 0.347. The minimum absolute atomic E-state index is 0.0349. The average Bonchev–Trinajstić information content (AvgIpc) is 3.49. The second-order valence-corrected chi connectivity index (χ2v) is 10.3. The minimum Gasteiger partial charge on any atom is -0.489 e. The van der Waals surface area contributed by atoms with Crippen LogP contribution in [0.5, 0.6) is 5.75 Å². The molecule has 1 unspecified atom stereocenters. The molecular formula is C29H46ClN3O6S. The summed E-state index contributed by atoms with van der Waals surface area (Å²) in [5.41, 5.74) is 7.83. The number of fused-ring (bicyclic) bond motifs is 3. The van der Waals surface area contributed by atoms with Crippen LogP contribution in [0.1, 0.15) is 76.0 Å². The molecule has 1 atom stereocenters. The number of carbonyl (C=O) groups is 3. The van der Waals surface area contributed by atoms with Crippen molar-refractivity contribution in [3.05, 3.63) is 39.0 Å². The highest BCUT2D eigenvalue weighted by Crippen LogP contribution is 2.37. The van der Waals surface area contributed by atoms with Crippen molar-refractivity contribution in [3.63, 3.8) is 0 Å². The zero-order valence-electron chi connectivity index (χ0n) is 25.1. The number of aryl methyl sites for hydroxylation is 1. The van der Waals surface area contributed by atoms with Crippen LogP contribution in [0.2, 0.25) is 4.34 Å². The number of halogens is 1. The maximum atomic E-state index is 11.5. The third-order valence-corrected chi connectivity index (χ3v) is 6.27. The number of nitrogens with one attached hydrogen (secondary N) is 1. The van der Waals surface area contributed by atoms with Gasteiger partial charge in [0.05, 0.1) is 16.3 Å². The number of thiophene rings is 1. The Morgan fingerprint density at radius 1 is 1.18 bits per heavy atom. The second kappa shape index (κ2) is 21.0. The number of hydrogen-bond acceptors (Lipinski definition) is 8. The zero-order chi connectivity index (χ0) is 30.7. The van der Waals surface area contributed by atoms with Gasteiger partial charge in [0.1, 0.15) is 35.9 Å². The van der Waals surface area contributed by atoms with Gasteiger partial charge < -0.3 is 25.3 Å². The minimum atomic E-state index is -0.270. The lowest BCUT2D eigenvalue weighted by molar-refractivity contribution is -0.121. The molecule has 2 aliphatic heterocycles. The lowest BCUT2D eigenvalue weighted by atomic mass is 10.1. The molecule has 1 saturated heterocycles. The van der Waals surface area contributed by atoms with E-state index in [-0.39, 0.29) is 30.4 Å². The molecule has 0 radical (unpaired) electrons. The van der Waals surface area contributed by atoms with E-state index in [4.69, 9.17) is 31.5 Å². The summed E-state index contributed by atoms with van der Waals surface area (Å²) in [7, 11) is 1.56. The van der Waals surface area contributed by atoms with Gasteiger partial charge in [-0.15, -0.1) is 11.3 Å². The Morgan fingerprint density at radius 3 is 2.33 bits per heavy atom. The molecule has 226 valence electrons. The van der Waals surface area contributed by atoms with Crippen molar-refractivity contribution < 1.29 is 28.6 Å². The summed E-state index contributed by atoms with van der Waals surface area (Å²) in [4.78, 5) is 35.0. The van der Waals surface area contributed by atoms with Crippen LogP contribution < -0.4 is 20.7 Å². The number of ether oxygens (including phenoxy) is 3. The first kappa shape index (κ1) is 37.2. The number of unbranched alkanes of at least 4 members (excludes halogenated alkanes) is 1. The summed E-state index contributed by atoms with van der Waals surface area (Å²) in [6, 6.07) is 7.41. The van der Waals surface area contributed by atoms with E-state index in [1.807, 2.05) is 39.0 Å². The van der Waals surface area contributed by atoms with Crippen LogP contribution in [-0.2, 0) is 14.3 Å². The van der Waals surface area contributed by atoms with E-state index in [0.717, 1.165) is 36.4 Å².